The molecule has 1 aromatic rings. The average molecular weight is 256 g/mol. The van der Waals surface area contributed by atoms with Gasteiger partial charge in [0, 0.05) is 12.1 Å². The van der Waals surface area contributed by atoms with E-state index in [1.165, 1.54) is 7.11 Å². The molecule has 1 aromatic carbocycles. The second-order valence-electron chi connectivity index (χ2n) is 3.32. The lowest BCUT2D eigenvalue weighted by Gasteiger charge is -2.11. The minimum atomic E-state index is -1.30. The highest BCUT2D eigenvalue weighted by molar-refractivity contribution is 5.91. The summed E-state index contributed by atoms with van der Waals surface area (Å²) in [4.78, 5) is 21.1. The summed E-state index contributed by atoms with van der Waals surface area (Å²) in [7, 11) is 1.31. The van der Waals surface area contributed by atoms with Gasteiger partial charge in [0.1, 0.15) is 11.3 Å². The number of phenols is 1. The van der Waals surface area contributed by atoms with Crippen LogP contribution < -0.4 is 9.47 Å². The number of methoxy groups -OCH3 is 1. The van der Waals surface area contributed by atoms with E-state index in [0.717, 1.165) is 12.1 Å². The molecule has 0 aromatic heterocycles. The molecule has 7 heteroatoms. The molecule has 0 saturated carbocycles. The molecular weight excluding hydrogens is 244 g/mol. The molecule has 0 heterocycles. The fourth-order valence-electron chi connectivity index (χ4n) is 1.24. The number of aromatic carboxylic acids is 1. The minimum absolute atomic E-state index is 0.0845. The molecule has 3 N–H and O–H groups in total. The van der Waals surface area contributed by atoms with E-state index in [1.807, 2.05) is 0 Å². The van der Waals surface area contributed by atoms with Gasteiger partial charge >= 0.3 is 11.9 Å². The van der Waals surface area contributed by atoms with Gasteiger partial charge in [-0.15, -0.1) is 0 Å². The Kier molecular flexibility index (Phi) is 4.36. The van der Waals surface area contributed by atoms with Gasteiger partial charge in [0.05, 0.1) is 20.1 Å². The van der Waals surface area contributed by atoms with E-state index in [1.54, 1.807) is 0 Å². The van der Waals surface area contributed by atoms with Crippen molar-refractivity contribution >= 4 is 11.9 Å². The molecule has 18 heavy (non-hydrogen) atoms. The van der Waals surface area contributed by atoms with E-state index >= 15 is 0 Å². The van der Waals surface area contributed by atoms with Crippen LogP contribution in [0, 0.1) is 0 Å². The number of hydrogen-bond donors (Lipinski definition) is 3. The molecule has 0 unspecified atom stereocenters. The molecule has 0 aliphatic carbocycles. The summed E-state index contributed by atoms with van der Waals surface area (Å²) in [5.74, 6) is -2.62. The molecule has 1 rings (SSSR count). The Morgan fingerprint density at radius 3 is 2.39 bits per heavy atom. The first kappa shape index (κ1) is 13.6. The Bertz CT molecular complexity index is 467. The van der Waals surface area contributed by atoms with Crippen molar-refractivity contribution < 1.29 is 34.4 Å². The van der Waals surface area contributed by atoms with E-state index < -0.39 is 17.7 Å². The molecule has 0 spiro atoms. The van der Waals surface area contributed by atoms with Crippen LogP contribution in [-0.2, 0) is 4.79 Å². The van der Waals surface area contributed by atoms with Gasteiger partial charge < -0.3 is 24.8 Å². The quantitative estimate of drug-likeness (QED) is 0.694. The van der Waals surface area contributed by atoms with Gasteiger partial charge in [-0.2, -0.15) is 0 Å². The molecule has 0 amide bonds. The lowest BCUT2D eigenvalue weighted by Crippen LogP contribution is -2.06. The molecule has 7 nitrogen and oxygen atoms in total. The highest BCUT2D eigenvalue weighted by atomic mass is 16.5. The van der Waals surface area contributed by atoms with Crippen molar-refractivity contribution in [1.29, 1.82) is 0 Å². The summed E-state index contributed by atoms with van der Waals surface area (Å²) in [5.41, 5.74) is -0.322. The fraction of sp³-hybridized carbons (Fsp3) is 0.273. The van der Waals surface area contributed by atoms with Gasteiger partial charge in [-0.1, -0.05) is 0 Å². The molecule has 0 aliphatic heterocycles. The first-order valence-electron chi connectivity index (χ1n) is 4.94. The Morgan fingerprint density at radius 1 is 1.22 bits per heavy atom. The molecule has 0 bridgehead atoms. The molecule has 0 fully saturated rings. The van der Waals surface area contributed by atoms with Crippen molar-refractivity contribution in [2.24, 2.45) is 0 Å². The smallest absolute Gasteiger partial charge is 0.339 e. The largest absolute Gasteiger partial charge is 0.507 e. The molecule has 0 radical (unpaired) electrons. The van der Waals surface area contributed by atoms with Crippen LogP contribution in [0.15, 0.2) is 12.1 Å². The second-order valence-corrected chi connectivity index (χ2v) is 3.32. The number of hydrogen-bond acceptors (Lipinski definition) is 5. The number of benzene rings is 1. The number of rotatable bonds is 6. The number of aromatic hydroxyl groups is 1. The second kappa shape index (κ2) is 5.76. The van der Waals surface area contributed by atoms with Crippen LogP contribution in [0.25, 0.3) is 0 Å². The SMILES string of the molecule is COc1cc(C(=O)O)c(O)cc1OCCC(=O)O. The van der Waals surface area contributed by atoms with Crippen LogP contribution in [0.3, 0.4) is 0 Å². The molecule has 0 aliphatic rings. The van der Waals surface area contributed by atoms with Crippen molar-refractivity contribution in [2.45, 2.75) is 6.42 Å². The predicted molar refractivity (Wildman–Crippen MR) is 59.4 cm³/mol. The zero-order chi connectivity index (χ0) is 13.7. The molecule has 0 atom stereocenters. The number of carbonyl (C=O) groups is 2. The fourth-order valence-corrected chi connectivity index (χ4v) is 1.24. The number of carboxylic acids is 2. The summed E-state index contributed by atoms with van der Waals surface area (Å²) in [6, 6.07) is 2.18. The van der Waals surface area contributed by atoms with Crippen molar-refractivity contribution in [3.05, 3.63) is 17.7 Å². The molecule has 0 saturated heterocycles. The average Bonchev–Trinajstić information content (AvgIpc) is 2.28. The van der Waals surface area contributed by atoms with Crippen LogP contribution in [0.2, 0.25) is 0 Å². The van der Waals surface area contributed by atoms with Gasteiger partial charge in [-0.3, -0.25) is 4.79 Å². The van der Waals surface area contributed by atoms with Crippen molar-refractivity contribution in [1.82, 2.24) is 0 Å². The van der Waals surface area contributed by atoms with E-state index in [9.17, 15) is 14.7 Å². The first-order valence-corrected chi connectivity index (χ1v) is 4.94. The van der Waals surface area contributed by atoms with Gasteiger partial charge in [0.15, 0.2) is 11.5 Å². The van der Waals surface area contributed by atoms with Gasteiger partial charge in [0.25, 0.3) is 0 Å². The van der Waals surface area contributed by atoms with Crippen molar-refractivity contribution in [2.75, 3.05) is 13.7 Å². The van der Waals surface area contributed by atoms with E-state index in [0.29, 0.717) is 0 Å². The maximum absolute atomic E-state index is 10.8. The molecular formula is C11H12O7. The highest BCUT2D eigenvalue weighted by Gasteiger charge is 2.16. The van der Waals surface area contributed by atoms with Crippen molar-refractivity contribution in [3.63, 3.8) is 0 Å². The number of carboxylic acid groups (broad SMARTS) is 2. The van der Waals surface area contributed by atoms with Crippen LogP contribution in [-0.4, -0.2) is 41.0 Å². The number of aliphatic carboxylic acids is 1. The maximum atomic E-state index is 10.8. The Hall–Kier alpha value is -2.44. The number of ether oxygens (including phenoxy) is 2. The third kappa shape index (κ3) is 3.27. The Balaban J connectivity index is 2.94. The van der Waals surface area contributed by atoms with Crippen LogP contribution in [0.4, 0.5) is 0 Å². The standard InChI is InChI=1S/C11H12O7/c1-17-8-4-6(11(15)16)7(12)5-9(8)18-3-2-10(13)14/h4-5,12H,2-3H2,1H3,(H,13,14)(H,15,16). The highest BCUT2D eigenvalue weighted by Crippen LogP contribution is 2.34. The summed E-state index contributed by atoms with van der Waals surface area (Å²) >= 11 is 0. The molecule has 98 valence electrons. The lowest BCUT2D eigenvalue weighted by atomic mass is 10.2. The topological polar surface area (TPSA) is 113 Å². The summed E-state index contributed by atoms with van der Waals surface area (Å²) < 4.78 is 10.00. The van der Waals surface area contributed by atoms with Crippen molar-refractivity contribution in [3.8, 4) is 17.2 Å². The summed E-state index contributed by atoms with van der Waals surface area (Å²) in [5, 5.41) is 26.7. The zero-order valence-corrected chi connectivity index (χ0v) is 9.54. The third-order valence-corrected chi connectivity index (χ3v) is 2.09. The van der Waals surface area contributed by atoms with Crippen LogP contribution >= 0.6 is 0 Å². The van der Waals surface area contributed by atoms with Crippen LogP contribution in [0.1, 0.15) is 16.8 Å². The van der Waals surface area contributed by atoms with Gasteiger partial charge in [-0.05, 0) is 0 Å². The lowest BCUT2D eigenvalue weighted by molar-refractivity contribution is -0.137. The summed E-state index contributed by atoms with van der Waals surface area (Å²) in [6.07, 6.45) is -0.218. The van der Waals surface area contributed by atoms with Gasteiger partial charge in [-0.25, -0.2) is 4.79 Å². The zero-order valence-electron chi connectivity index (χ0n) is 9.54. The van der Waals surface area contributed by atoms with E-state index in [2.05, 4.69) is 0 Å². The Labute approximate surface area is 102 Å². The monoisotopic (exact) mass is 256 g/mol. The normalized spacial score (nSPS) is 9.83. The summed E-state index contributed by atoms with van der Waals surface area (Å²) in [6.45, 7) is -0.114. The maximum Gasteiger partial charge on any atom is 0.339 e. The minimum Gasteiger partial charge on any atom is -0.507 e. The predicted octanol–water partition coefficient (Wildman–Crippen LogP) is 0.952. The van der Waals surface area contributed by atoms with E-state index in [-0.39, 0.29) is 30.1 Å². The van der Waals surface area contributed by atoms with Crippen LogP contribution in [0.5, 0.6) is 17.2 Å². The third-order valence-electron chi connectivity index (χ3n) is 2.09. The van der Waals surface area contributed by atoms with E-state index in [4.69, 9.17) is 19.7 Å². The first-order chi connectivity index (χ1) is 8.45. The Morgan fingerprint density at radius 2 is 1.89 bits per heavy atom. The van der Waals surface area contributed by atoms with Gasteiger partial charge in [0.2, 0.25) is 0 Å².